The van der Waals surface area contributed by atoms with E-state index in [9.17, 15) is 4.79 Å². The lowest BCUT2D eigenvalue weighted by Crippen LogP contribution is -2.37. The molecule has 0 bridgehead atoms. The number of Topliss-reactive ketones (excluding diaryl/α,β-unsaturated/α-hetero) is 1. The van der Waals surface area contributed by atoms with E-state index in [0.29, 0.717) is 6.54 Å². The van der Waals surface area contributed by atoms with Gasteiger partial charge in [0.05, 0.1) is 0 Å². The van der Waals surface area contributed by atoms with E-state index < -0.39 is 0 Å². The molecule has 0 saturated carbocycles. The number of aromatic nitrogens is 2. The van der Waals surface area contributed by atoms with Gasteiger partial charge in [0.2, 0.25) is 12.3 Å². The van der Waals surface area contributed by atoms with Crippen molar-refractivity contribution in [2.75, 3.05) is 0 Å². The van der Waals surface area contributed by atoms with E-state index in [4.69, 9.17) is 0 Å². The van der Waals surface area contributed by atoms with E-state index in [0.717, 1.165) is 29.9 Å². The Balaban J connectivity index is 1.74. The van der Waals surface area contributed by atoms with Gasteiger partial charge in [0.25, 0.3) is 0 Å². The number of nitrogens with zero attached hydrogens (tertiary/aromatic N) is 2. The van der Waals surface area contributed by atoms with Gasteiger partial charge in [-0.2, -0.15) is 4.57 Å². The lowest BCUT2D eigenvalue weighted by Gasteiger charge is -2.09. The summed E-state index contributed by atoms with van der Waals surface area (Å²) < 4.78 is 4.19. The van der Waals surface area contributed by atoms with E-state index in [2.05, 4.69) is 35.8 Å². The van der Waals surface area contributed by atoms with E-state index in [-0.39, 0.29) is 5.78 Å². The maximum Gasteiger partial charge on any atom is 0.229 e. The molecule has 3 nitrogen and oxygen atoms in total. The molecule has 3 heteroatoms. The first-order chi connectivity index (χ1) is 12.0. The Labute approximate surface area is 149 Å². The molecule has 1 aromatic carbocycles. The van der Waals surface area contributed by atoms with Gasteiger partial charge in [-0.05, 0) is 44.4 Å². The van der Waals surface area contributed by atoms with E-state index in [1.807, 2.05) is 55.1 Å². The quantitative estimate of drug-likeness (QED) is 0.497. The predicted octanol–water partition coefficient (Wildman–Crippen LogP) is 3.83. The third-order valence-corrected chi connectivity index (χ3v) is 4.72. The largest absolute Gasteiger partial charge is 0.348 e. The Kier molecular flexibility index (Phi) is 5.13. The summed E-state index contributed by atoms with van der Waals surface area (Å²) in [6.45, 7) is 7.45. The zero-order valence-electron chi connectivity index (χ0n) is 15.2. The maximum absolute atomic E-state index is 12.7. The average Bonchev–Trinajstić information content (AvgIpc) is 2.90. The molecule has 0 amide bonds. The van der Waals surface area contributed by atoms with Crippen molar-refractivity contribution < 1.29 is 9.36 Å². The maximum atomic E-state index is 12.7. The van der Waals surface area contributed by atoms with Crippen LogP contribution in [0.4, 0.5) is 0 Å². The van der Waals surface area contributed by atoms with Gasteiger partial charge < -0.3 is 4.57 Å². The number of pyridine rings is 1. The summed E-state index contributed by atoms with van der Waals surface area (Å²) in [7, 11) is 0. The van der Waals surface area contributed by atoms with Crippen molar-refractivity contribution in [3.05, 3.63) is 89.0 Å². The predicted molar refractivity (Wildman–Crippen MR) is 99.8 cm³/mol. The molecule has 2 aromatic heterocycles. The van der Waals surface area contributed by atoms with Crippen LogP contribution in [0.5, 0.6) is 0 Å². The molecule has 0 radical (unpaired) electrons. The fourth-order valence-corrected chi connectivity index (χ4v) is 3.20. The van der Waals surface area contributed by atoms with Crippen LogP contribution < -0.4 is 4.57 Å². The number of carbonyl (C=O) groups is 1. The van der Waals surface area contributed by atoms with Crippen molar-refractivity contribution in [2.45, 2.75) is 40.3 Å². The normalized spacial score (nSPS) is 10.8. The zero-order chi connectivity index (χ0) is 17.8. The minimum atomic E-state index is 0.160. The summed E-state index contributed by atoms with van der Waals surface area (Å²) in [5, 5.41) is 0. The monoisotopic (exact) mass is 333 g/mol. The Morgan fingerprint density at radius 1 is 1.00 bits per heavy atom. The fraction of sp³-hybridized carbons (Fsp3) is 0.273. The molecular formula is C22H25N2O+. The molecule has 0 atom stereocenters. The van der Waals surface area contributed by atoms with Gasteiger partial charge in [-0.3, -0.25) is 4.79 Å². The van der Waals surface area contributed by atoms with E-state index in [1.165, 1.54) is 11.1 Å². The van der Waals surface area contributed by atoms with Crippen molar-refractivity contribution in [2.24, 2.45) is 0 Å². The molecule has 0 saturated heterocycles. The number of hydrogen-bond acceptors (Lipinski definition) is 1. The second-order valence-electron chi connectivity index (χ2n) is 6.64. The summed E-state index contributed by atoms with van der Waals surface area (Å²) >= 11 is 0. The molecule has 0 aliphatic heterocycles. The Morgan fingerprint density at radius 2 is 1.68 bits per heavy atom. The lowest BCUT2D eigenvalue weighted by atomic mass is 10.1. The molecule has 128 valence electrons. The molecule has 0 N–H and O–H groups in total. The average molecular weight is 333 g/mol. The minimum Gasteiger partial charge on any atom is -0.348 e. The summed E-state index contributed by atoms with van der Waals surface area (Å²) in [4.78, 5) is 12.7. The molecule has 0 aliphatic rings. The Morgan fingerprint density at radius 3 is 2.36 bits per heavy atom. The smallest absolute Gasteiger partial charge is 0.229 e. The lowest BCUT2D eigenvalue weighted by molar-refractivity contribution is -0.683. The van der Waals surface area contributed by atoms with E-state index in [1.54, 1.807) is 0 Å². The highest BCUT2D eigenvalue weighted by Crippen LogP contribution is 2.17. The summed E-state index contributed by atoms with van der Waals surface area (Å²) in [5.41, 5.74) is 5.55. The van der Waals surface area contributed by atoms with Crippen LogP contribution in [-0.4, -0.2) is 10.4 Å². The van der Waals surface area contributed by atoms with Crippen molar-refractivity contribution in [3.63, 3.8) is 0 Å². The SMILES string of the molecule is Cc1cc[n+](CC(=O)c2cc(C)n(CCc3ccccc3)c2C)cc1. The molecule has 3 aromatic rings. The van der Waals surface area contributed by atoms with Crippen molar-refractivity contribution >= 4 is 5.78 Å². The van der Waals surface area contributed by atoms with Crippen LogP contribution in [0.2, 0.25) is 0 Å². The minimum absolute atomic E-state index is 0.160. The van der Waals surface area contributed by atoms with Crippen LogP contribution in [-0.2, 0) is 19.5 Å². The number of carbonyl (C=O) groups excluding carboxylic acids is 1. The van der Waals surface area contributed by atoms with Crippen molar-refractivity contribution in [1.29, 1.82) is 0 Å². The Hall–Kier alpha value is -2.68. The number of aryl methyl sites for hydroxylation is 3. The highest BCUT2D eigenvalue weighted by atomic mass is 16.1. The number of hydrogen-bond donors (Lipinski definition) is 0. The number of rotatable bonds is 6. The van der Waals surface area contributed by atoms with Crippen LogP contribution in [0.25, 0.3) is 0 Å². The first-order valence-electron chi connectivity index (χ1n) is 8.74. The molecule has 0 aliphatic carbocycles. The highest BCUT2D eigenvalue weighted by Gasteiger charge is 2.18. The first-order valence-corrected chi connectivity index (χ1v) is 8.74. The second-order valence-corrected chi connectivity index (χ2v) is 6.64. The summed E-state index contributed by atoms with van der Waals surface area (Å²) in [6.07, 6.45) is 4.89. The van der Waals surface area contributed by atoms with Crippen LogP contribution in [0, 0.1) is 20.8 Å². The number of benzene rings is 1. The van der Waals surface area contributed by atoms with Crippen LogP contribution in [0.15, 0.2) is 60.9 Å². The second kappa shape index (κ2) is 7.47. The highest BCUT2D eigenvalue weighted by molar-refractivity contribution is 5.96. The summed E-state index contributed by atoms with van der Waals surface area (Å²) in [5.74, 6) is 0.160. The van der Waals surface area contributed by atoms with Crippen molar-refractivity contribution in [1.82, 2.24) is 4.57 Å². The third kappa shape index (κ3) is 4.05. The molecule has 25 heavy (non-hydrogen) atoms. The molecule has 2 heterocycles. The molecule has 0 fully saturated rings. The van der Waals surface area contributed by atoms with Gasteiger partial charge in [0, 0.05) is 35.6 Å². The van der Waals surface area contributed by atoms with Gasteiger partial charge in [0.1, 0.15) is 0 Å². The molecule has 3 rings (SSSR count). The standard InChI is InChI=1S/C22H25N2O/c1-17-9-12-23(13-10-17)16-22(25)21-15-18(2)24(19(21)3)14-11-20-7-5-4-6-8-20/h4-10,12-13,15H,11,14,16H2,1-3H3/q+1. The van der Waals surface area contributed by atoms with E-state index >= 15 is 0 Å². The van der Waals surface area contributed by atoms with Gasteiger partial charge in [0.15, 0.2) is 12.4 Å². The van der Waals surface area contributed by atoms with Crippen LogP contribution >= 0.6 is 0 Å². The first kappa shape index (κ1) is 17.2. The molecule has 0 unspecified atom stereocenters. The van der Waals surface area contributed by atoms with Gasteiger partial charge in [-0.15, -0.1) is 0 Å². The van der Waals surface area contributed by atoms with Gasteiger partial charge in [-0.1, -0.05) is 30.3 Å². The van der Waals surface area contributed by atoms with Crippen LogP contribution in [0.3, 0.4) is 0 Å². The topological polar surface area (TPSA) is 25.9 Å². The van der Waals surface area contributed by atoms with Gasteiger partial charge >= 0.3 is 0 Å². The third-order valence-electron chi connectivity index (χ3n) is 4.72. The fourth-order valence-electron chi connectivity index (χ4n) is 3.20. The number of ketones is 1. The molecular weight excluding hydrogens is 308 g/mol. The molecule has 0 spiro atoms. The zero-order valence-corrected chi connectivity index (χ0v) is 15.2. The Bertz CT molecular complexity index is 861. The van der Waals surface area contributed by atoms with Gasteiger partial charge in [-0.25, -0.2) is 0 Å². The van der Waals surface area contributed by atoms with Crippen LogP contribution in [0.1, 0.15) is 32.9 Å². The summed E-state index contributed by atoms with van der Waals surface area (Å²) in [6, 6.07) is 16.5. The van der Waals surface area contributed by atoms with Crippen molar-refractivity contribution in [3.8, 4) is 0 Å².